The Bertz CT molecular complexity index is 366. The molecule has 0 saturated carbocycles. The topological polar surface area (TPSA) is 55.1 Å². The Balaban J connectivity index is 2.27. The minimum absolute atomic E-state index is 0.235. The first-order chi connectivity index (χ1) is 7.59. The van der Waals surface area contributed by atoms with E-state index in [1.165, 1.54) is 11.1 Å². The Morgan fingerprint density at radius 2 is 2.25 bits per heavy atom. The highest BCUT2D eigenvalue weighted by Gasteiger charge is 1.98. The van der Waals surface area contributed by atoms with Crippen molar-refractivity contribution >= 4 is 21.8 Å². The van der Waals surface area contributed by atoms with Crippen molar-refractivity contribution < 1.29 is 4.79 Å². The number of benzene rings is 1. The predicted molar refractivity (Wildman–Crippen MR) is 69.0 cm³/mol. The molecule has 4 heteroatoms. The van der Waals surface area contributed by atoms with Crippen LogP contribution in [0, 0.1) is 6.92 Å². The number of aryl methyl sites for hydroxylation is 1. The maximum absolute atomic E-state index is 10.5. The molecule has 1 aromatic rings. The summed E-state index contributed by atoms with van der Waals surface area (Å²) in [5.74, 6) is -0.235. The summed E-state index contributed by atoms with van der Waals surface area (Å²) in [5.41, 5.74) is 7.53. The molecular weight excluding hydrogens is 268 g/mol. The Morgan fingerprint density at radius 1 is 1.50 bits per heavy atom. The molecule has 1 rings (SSSR count). The van der Waals surface area contributed by atoms with Crippen molar-refractivity contribution in [3.63, 3.8) is 0 Å². The number of hydrogen-bond acceptors (Lipinski definition) is 2. The van der Waals surface area contributed by atoms with E-state index in [0.29, 0.717) is 6.42 Å². The molecule has 0 aromatic heterocycles. The zero-order chi connectivity index (χ0) is 12.0. The molecule has 0 radical (unpaired) electrons. The van der Waals surface area contributed by atoms with Gasteiger partial charge in [0, 0.05) is 17.4 Å². The van der Waals surface area contributed by atoms with Crippen LogP contribution >= 0.6 is 15.9 Å². The van der Waals surface area contributed by atoms with Crippen molar-refractivity contribution in [3.8, 4) is 0 Å². The maximum Gasteiger partial charge on any atom is 0.217 e. The van der Waals surface area contributed by atoms with Gasteiger partial charge in [0.25, 0.3) is 0 Å². The summed E-state index contributed by atoms with van der Waals surface area (Å²) in [5, 5.41) is 3.28. The van der Waals surface area contributed by atoms with Crippen molar-refractivity contribution in [1.29, 1.82) is 0 Å². The van der Waals surface area contributed by atoms with Gasteiger partial charge < -0.3 is 11.1 Å². The number of carbonyl (C=O) groups is 1. The van der Waals surface area contributed by atoms with E-state index in [2.05, 4.69) is 46.4 Å². The Hall–Kier alpha value is -0.870. The highest BCUT2D eigenvalue weighted by Crippen LogP contribution is 2.16. The van der Waals surface area contributed by atoms with Gasteiger partial charge in [0.15, 0.2) is 0 Å². The van der Waals surface area contributed by atoms with Gasteiger partial charge in [0.2, 0.25) is 5.91 Å². The van der Waals surface area contributed by atoms with Crippen LogP contribution in [-0.4, -0.2) is 12.5 Å². The summed E-state index contributed by atoms with van der Waals surface area (Å²) in [6, 6.07) is 6.28. The lowest BCUT2D eigenvalue weighted by atomic mass is 10.1. The number of carbonyl (C=O) groups excluding carboxylic acids is 1. The second kappa shape index (κ2) is 6.66. The third kappa shape index (κ3) is 4.77. The third-order valence-corrected chi connectivity index (χ3v) is 3.22. The number of halogens is 1. The molecule has 0 fully saturated rings. The van der Waals surface area contributed by atoms with Crippen molar-refractivity contribution in [2.24, 2.45) is 5.73 Å². The summed E-state index contributed by atoms with van der Waals surface area (Å²) >= 11 is 3.47. The van der Waals surface area contributed by atoms with Crippen molar-refractivity contribution in [3.05, 3.63) is 33.8 Å². The van der Waals surface area contributed by atoms with E-state index in [1.54, 1.807) is 0 Å². The molecule has 1 aromatic carbocycles. The van der Waals surface area contributed by atoms with Crippen molar-refractivity contribution in [2.75, 3.05) is 6.54 Å². The summed E-state index contributed by atoms with van der Waals surface area (Å²) in [7, 11) is 0. The number of rotatable bonds is 6. The van der Waals surface area contributed by atoms with Crippen molar-refractivity contribution in [1.82, 2.24) is 5.32 Å². The smallest absolute Gasteiger partial charge is 0.217 e. The van der Waals surface area contributed by atoms with Crippen LogP contribution in [0.1, 0.15) is 24.0 Å². The van der Waals surface area contributed by atoms with Crippen LogP contribution in [0.4, 0.5) is 0 Å². The molecule has 3 N–H and O–H groups in total. The van der Waals surface area contributed by atoms with E-state index in [1.807, 2.05) is 0 Å². The number of nitrogens with two attached hydrogens (primary N) is 1. The molecule has 0 atom stereocenters. The standard InChI is InChI=1S/C12H17BrN2O/c1-9-7-10(4-5-11(9)13)8-15-6-2-3-12(14)16/h4-5,7,15H,2-3,6,8H2,1H3,(H2,14,16). The van der Waals surface area contributed by atoms with Gasteiger partial charge in [0.1, 0.15) is 0 Å². The maximum atomic E-state index is 10.5. The van der Waals surface area contributed by atoms with E-state index in [-0.39, 0.29) is 5.91 Å². The van der Waals surface area contributed by atoms with Gasteiger partial charge in [-0.1, -0.05) is 28.1 Å². The largest absolute Gasteiger partial charge is 0.370 e. The summed E-state index contributed by atoms with van der Waals surface area (Å²) in [4.78, 5) is 10.5. The Kier molecular flexibility index (Phi) is 5.49. The zero-order valence-corrected chi connectivity index (χ0v) is 11.0. The van der Waals surface area contributed by atoms with Gasteiger partial charge in [-0.3, -0.25) is 4.79 Å². The first-order valence-electron chi connectivity index (χ1n) is 5.33. The predicted octanol–water partition coefficient (Wildman–Crippen LogP) is 2.11. The lowest BCUT2D eigenvalue weighted by molar-refractivity contribution is -0.118. The molecule has 1 amide bonds. The monoisotopic (exact) mass is 284 g/mol. The highest BCUT2D eigenvalue weighted by molar-refractivity contribution is 9.10. The van der Waals surface area contributed by atoms with Crippen LogP contribution in [0.3, 0.4) is 0 Å². The van der Waals surface area contributed by atoms with E-state index < -0.39 is 0 Å². The number of nitrogens with one attached hydrogen (secondary N) is 1. The lowest BCUT2D eigenvalue weighted by Gasteiger charge is -2.06. The molecule has 0 aliphatic rings. The van der Waals surface area contributed by atoms with Crippen LogP contribution < -0.4 is 11.1 Å². The fourth-order valence-corrected chi connectivity index (χ4v) is 1.68. The Labute approximate surface area is 105 Å². The van der Waals surface area contributed by atoms with Crippen LogP contribution in [0.2, 0.25) is 0 Å². The minimum Gasteiger partial charge on any atom is -0.370 e. The quantitative estimate of drug-likeness (QED) is 0.787. The molecule has 0 saturated heterocycles. The van der Waals surface area contributed by atoms with Gasteiger partial charge in [0.05, 0.1) is 0 Å². The summed E-state index contributed by atoms with van der Waals surface area (Å²) in [6.07, 6.45) is 1.25. The van der Waals surface area contributed by atoms with E-state index >= 15 is 0 Å². The summed E-state index contributed by atoms with van der Waals surface area (Å²) in [6.45, 7) is 3.71. The third-order valence-electron chi connectivity index (χ3n) is 2.33. The zero-order valence-electron chi connectivity index (χ0n) is 9.42. The molecule has 0 heterocycles. The summed E-state index contributed by atoms with van der Waals surface area (Å²) < 4.78 is 1.13. The number of amides is 1. The fraction of sp³-hybridized carbons (Fsp3) is 0.417. The lowest BCUT2D eigenvalue weighted by Crippen LogP contribution is -2.18. The molecule has 0 spiro atoms. The van der Waals surface area contributed by atoms with E-state index in [0.717, 1.165) is 24.0 Å². The van der Waals surface area contributed by atoms with Gasteiger partial charge in [-0.05, 0) is 37.1 Å². The number of primary amides is 1. The minimum atomic E-state index is -0.235. The second-order valence-corrected chi connectivity index (χ2v) is 4.68. The van der Waals surface area contributed by atoms with Gasteiger partial charge in [-0.25, -0.2) is 0 Å². The fourth-order valence-electron chi connectivity index (χ4n) is 1.44. The van der Waals surface area contributed by atoms with Crippen LogP contribution in [0.15, 0.2) is 22.7 Å². The molecule has 88 valence electrons. The molecular formula is C12H17BrN2O. The van der Waals surface area contributed by atoms with Crippen LogP contribution in [0.25, 0.3) is 0 Å². The van der Waals surface area contributed by atoms with Gasteiger partial charge >= 0.3 is 0 Å². The second-order valence-electron chi connectivity index (χ2n) is 3.83. The molecule has 0 unspecified atom stereocenters. The molecule has 16 heavy (non-hydrogen) atoms. The molecule has 0 aliphatic carbocycles. The van der Waals surface area contributed by atoms with Gasteiger partial charge in [-0.15, -0.1) is 0 Å². The van der Waals surface area contributed by atoms with Crippen LogP contribution in [0.5, 0.6) is 0 Å². The van der Waals surface area contributed by atoms with Gasteiger partial charge in [-0.2, -0.15) is 0 Å². The number of hydrogen-bond donors (Lipinski definition) is 2. The molecule has 3 nitrogen and oxygen atoms in total. The SMILES string of the molecule is Cc1cc(CNCCCC(N)=O)ccc1Br. The van der Waals surface area contributed by atoms with Crippen molar-refractivity contribution in [2.45, 2.75) is 26.3 Å². The average Bonchev–Trinajstić information content (AvgIpc) is 2.22. The first-order valence-corrected chi connectivity index (χ1v) is 6.13. The molecule has 0 bridgehead atoms. The first kappa shape index (κ1) is 13.2. The normalized spacial score (nSPS) is 10.4. The van der Waals surface area contributed by atoms with Crippen LogP contribution in [-0.2, 0) is 11.3 Å². The van der Waals surface area contributed by atoms with E-state index in [9.17, 15) is 4.79 Å². The highest BCUT2D eigenvalue weighted by atomic mass is 79.9. The van der Waals surface area contributed by atoms with E-state index in [4.69, 9.17) is 5.73 Å². The molecule has 0 aliphatic heterocycles. The average molecular weight is 285 g/mol. The Morgan fingerprint density at radius 3 is 2.88 bits per heavy atom.